The molecular weight excluding hydrogens is 524 g/mol. The minimum absolute atomic E-state index is 0.154. The number of piperazine rings is 1. The van der Waals surface area contributed by atoms with Crippen LogP contribution in [0.25, 0.3) is 0 Å². The van der Waals surface area contributed by atoms with Crippen molar-refractivity contribution < 1.29 is 22.0 Å². The van der Waals surface area contributed by atoms with Crippen molar-refractivity contribution in [2.45, 2.75) is 30.7 Å². The van der Waals surface area contributed by atoms with Gasteiger partial charge in [-0.1, -0.05) is 12.1 Å². The molecule has 0 bridgehead atoms. The molecule has 0 spiro atoms. The highest BCUT2D eigenvalue weighted by Crippen LogP contribution is 2.32. The normalized spacial score (nSPS) is 17.3. The van der Waals surface area contributed by atoms with Crippen LogP contribution in [0.2, 0.25) is 0 Å². The van der Waals surface area contributed by atoms with Gasteiger partial charge in [0.25, 0.3) is 15.9 Å². The lowest BCUT2D eigenvalue weighted by atomic mass is 9.89. The highest BCUT2D eigenvalue weighted by atomic mass is 32.2. The summed E-state index contributed by atoms with van der Waals surface area (Å²) in [6, 6.07) is 12.1. The summed E-state index contributed by atoms with van der Waals surface area (Å²) in [4.78, 5) is 19.6. The van der Waals surface area contributed by atoms with E-state index in [2.05, 4.69) is 15.6 Å². The minimum Gasteiger partial charge on any atom is -0.355 e. The molecule has 2 saturated heterocycles. The van der Waals surface area contributed by atoms with E-state index in [0.717, 1.165) is 18.4 Å². The summed E-state index contributed by atoms with van der Waals surface area (Å²) in [6.45, 7) is 4.47. The summed E-state index contributed by atoms with van der Waals surface area (Å²) in [6.07, 6.45) is 2.75. The monoisotopic (exact) mass is 555 g/mol. The van der Waals surface area contributed by atoms with Crippen LogP contribution in [0.15, 0.2) is 59.8 Å². The molecule has 2 N–H and O–H groups in total. The molecule has 2 aliphatic heterocycles. The van der Waals surface area contributed by atoms with Gasteiger partial charge >= 0.3 is 0 Å². The highest BCUT2D eigenvalue weighted by molar-refractivity contribution is 7.89. The van der Waals surface area contributed by atoms with Gasteiger partial charge in [0.05, 0.1) is 11.3 Å². The quantitative estimate of drug-likeness (QED) is 0.477. The van der Waals surface area contributed by atoms with Crippen molar-refractivity contribution in [1.82, 2.24) is 19.5 Å². The number of piperidine rings is 1. The van der Waals surface area contributed by atoms with E-state index in [1.165, 1.54) is 40.8 Å². The zero-order valence-electron chi connectivity index (χ0n) is 21.7. The standard InChI is InChI=1S/C28H31F2N5O3S/c1-19-16-23(30)6-7-25(19)33-26-17-27(39(37,38)35-14-10-31-11-15-35)32-18-24(26)28(36)34-12-8-21(9-13-34)20-2-4-22(29)5-3-20/h2-7,16-18,21,31H,8-15H2,1H3,(H,32,33). The smallest absolute Gasteiger partial charge is 0.260 e. The van der Waals surface area contributed by atoms with Gasteiger partial charge in [0.2, 0.25) is 0 Å². The molecule has 8 nitrogen and oxygen atoms in total. The molecule has 3 aromatic rings. The minimum atomic E-state index is -3.87. The Labute approximate surface area is 227 Å². The van der Waals surface area contributed by atoms with E-state index >= 15 is 0 Å². The number of nitrogens with zero attached hydrogens (tertiary/aromatic N) is 3. The number of halogens is 2. The Morgan fingerprint density at radius 2 is 1.62 bits per heavy atom. The van der Waals surface area contributed by atoms with E-state index < -0.39 is 15.8 Å². The van der Waals surface area contributed by atoms with Gasteiger partial charge < -0.3 is 15.5 Å². The van der Waals surface area contributed by atoms with Gasteiger partial charge in [0.15, 0.2) is 5.03 Å². The lowest BCUT2D eigenvalue weighted by Gasteiger charge is -2.33. The summed E-state index contributed by atoms with van der Waals surface area (Å²) in [5.41, 5.74) is 2.73. The number of sulfonamides is 1. The molecular formula is C28H31F2N5O3S. The van der Waals surface area contributed by atoms with Crippen LogP contribution in [0.5, 0.6) is 0 Å². The summed E-state index contributed by atoms with van der Waals surface area (Å²) in [5, 5.41) is 6.14. The van der Waals surface area contributed by atoms with Crippen molar-refractivity contribution in [1.29, 1.82) is 0 Å². The van der Waals surface area contributed by atoms with E-state index in [-0.39, 0.29) is 28.2 Å². The number of nitrogens with one attached hydrogen (secondary N) is 2. The molecule has 2 fully saturated rings. The molecule has 2 aromatic carbocycles. The Morgan fingerprint density at radius 3 is 2.28 bits per heavy atom. The van der Waals surface area contributed by atoms with Gasteiger partial charge in [-0.15, -0.1) is 0 Å². The van der Waals surface area contributed by atoms with Crippen molar-refractivity contribution in [2.24, 2.45) is 0 Å². The molecule has 3 heterocycles. The first-order valence-corrected chi connectivity index (χ1v) is 14.5. The number of carbonyl (C=O) groups is 1. The zero-order chi connectivity index (χ0) is 27.6. The number of hydrogen-bond donors (Lipinski definition) is 2. The molecule has 39 heavy (non-hydrogen) atoms. The van der Waals surface area contributed by atoms with Crippen LogP contribution in [0.1, 0.15) is 40.2 Å². The van der Waals surface area contributed by atoms with Crippen molar-refractivity contribution in [2.75, 3.05) is 44.6 Å². The Bertz CT molecular complexity index is 1450. The van der Waals surface area contributed by atoms with Crippen LogP contribution in [-0.2, 0) is 10.0 Å². The molecule has 0 radical (unpaired) electrons. The van der Waals surface area contributed by atoms with E-state index in [0.29, 0.717) is 56.2 Å². The van der Waals surface area contributed by atoms with Crippen LogP contribution in [0, 0.1) is 18.6 Å². The van der Waals surface area contributed by atoms with E-state index in [9.17, 15) is 22.0 Å². The van der Waals surface area contributed by atoms with Crippen LogP contribution in [0.4, 0.5) is 20.2 Å². The van der Waals surface area contributed by atoms with Crippen molar-refractivity contribution in [3.8, 4) is 0 Å². The third-order valence-electron chi connectivity index (χ3n) is 7.37. The number of rotatable bonds is 6. The van der Waals surface area contributed by atoms with Gasteiger partial charge in [-0.3, -0.25) is 4.79 Å². The van der Waals surface area contributed by atoms with Crippen LogP contribution < -0.4 is 10.6 Å². The lowest BCUT2D eigenvalue weighted by molar-refractivity contribution is 0.0713. The maximum Gasteiger partial charge on any atom is 0.260 e. The summed E-state index contributed by atoms with van der Waals surface area (Å²) < 4.78 is 55.1. The number of carbonyl (C=O) groups excluding carboxylic acids is 1. The summed E-state index contributed by atoms with van der Waals surface area (Å²) >= 11 is 0. The molecule has 2 aliphatic rings. The number of hydrogen-bond acceptors (Lipinski definition) is 6. The van der Waals surface area contributed by atoms with E-state index in [4.69, 9.17) is 0 Å². The number of aryl methyl sites for hydroxylation is 1. The first kappa shape index (κ1) is 27.2. The lowest BCUT2D eigenvalue weighted by Crippen LogP contribution is -2.46. The van der Waals surface area contributed by atoms with Crippen LogP contribution in [-0.4, -0.2) is 67.8 Å². The van der Waals surface area contributed by atoms with Crippen molar-refractivity contribution in [3.63, 3.8) is 0 Å². The van der Waals surface area contributed by atoms with E-state index in [1.54, 1.807) is 30.0 Å². The van der Waals surface area contributed by atoms with Gasteiger partial charge in [0, 0.05) is 57.2 Å². The Hall–Kier alpha value is -3.41. The number of amides is 1. The first-order chi connectivity index (χ1) is 18.7. The molecule has 1 amide bonds. The predicted molar refractivity (Wildman–Crippen MR) is 145 cm³/mol. The van der Waals surface area contributed by atoms with Gasteiger partial charge in [-0.2, -0.15) is 4.31 Å². The maximum atomic E-state index is 13.7. The number of benzene rings is 2. The average Bonchev–Trinajstić information content (AvgIpc) is 2.95. The second kappa shape index (κ2) is 11.4. The molecule has 1 aromatic heterocycles. The van der Waals surface area contributed by atoms with Gasteiger partial charge in [-0.05, 0) is 67.1 Å². The molecule has 0 saturated carbocycles. The Morgan fingerprint density at radius 1 is 0.949 bits per heavy atom. The third-order valence-corrected chi connectivity index (χ3v) is 9.17. The molecule has 5 rings (SSSR count). The van der Waals surface area contributed by atoms with Crippen LogP contribution >= 0.6 is 0 Å². The number of pyridine rings is 1. The van der Waals surface area contributed by atoms with Crippen molar-refractivity contribution in [3.05, 3.63) is 83.1 Å². The molecule has 0 atom stereocenters. The topological polar surface area (TPSA) is 94.6 Å². The fourth-order valence-corrected chi connectivity index (χ4v) is 6.48. The third kappa shape index (κ3) is 5.95. The Balaban J connectivity index is 1.42. The highest BCUT2D eigenvalue weighted by Gasteiger charge is 2.31. The fourth-order valence-electron chi connectivity index (χ4n) is 5.10. The van der Waals surface area contributed by atoms with Gasteiger partial charge in [0.1, 0.15) is 11.6 Å². The molecule has 11 heteroatoms. The second-order valence-corrected chi connectivity index (χ2v) is 11.8. The first-order valence-electron chi connectivity index (χ1n) is 13.0. The predicted octanol–water partition coefficient (Wildman–Crippen LogP) is 4.03. The number of anilines is 2. The average molecular weight is 556 g/mol. The molecule has 0 unspecified atom stereocenters. The molecule has 206 valence electrons. The number of aromatic nitrogens is 1. The largest absolute Gasteiger partial charge is 0.355 e. The summed E-state index contributed by atoms with van der Waals surface area (Å²) in [7, 11) is -3.87. The zero-order valence-corrected chi connectivity index (χ0v) is 22.5. The SMILES string of the molecule is Cc1cc(F)ccc1Nc1cc(S(=O)(=O)N2CCNCC2)ncc1C(=O)N1CCC(c2ccc(F)cc2)CC1. The van der Waals surface area contributed by atoms with E-state index in [1.807, 2.05) is 0 Å². The van der Waals surface area contributed by atoms with Crippen molar-refractivity contribution >= 4 is 27.3 Å². The molecule has 0 aliphatic carbocycles. The van der Waals surface area contributed by atoms with Gasteiger partial charge in [-0.25, -0.2) is 22.2 Å². The summed E-state index contributed by atoms with van der Waals surface area (Å²) in [5.74, 6) is -0.722. The fraction of sp³-hybridized carbons (Fsp3) is 0.357. The maximum absolute atomic E-state index is 13.7. The number of likely N-dealkylation sites (tertiary alicyclic amines) is 1. The second-order valence-electron chi connectivity index (χ2n) is 9.92. The Kier molecular flexibility index (Phi) is 7.92. The van der Waals surface area contributed by atoms with Crippen LogP contribution in [0.3, 0.4) is 0 Å².